The summed E-state index contributed by atoms with van der Waals surface area (Å²) < 4.78 is 18.5. The van der Waals surface area contributed by atoms with Gasteiger partial charge >= 0.3 is 5.97 Å². The third kappa shape index (κ3) is 2.57. The molecule has 1 N–H and O–H groups in total. The predicted molar refractivity (Wildman–Crippen MR) is 57.7 cm³/mol. The molecule has 0 aliphatic rings. The molecular formula is C12H8FNO3. The Morgan fingerprint density at radius 2 is 2.00 bits per heavy atom. The predicted octanol–water partition coefficient (Wildman–Crippen LogP) is 2.71. The summed E-state index contributed by atoms with van der Waals surface area (Å²) in [6, 6.07) is 8.64. The number of halogens is 1. The molecule has 2 rings (SSSR count). The highest BCUT2D eigenvalue weighted by Gasteiger charge is 2.06. The van der Waals surface area contributed by atoms with Gasteiger partial charge in [-0.05, 0) is 24.3 Å². The van der Waals surface area contributed by atoms with Gasteiger partial charge in [-0.3, -0.25) is 0 Å². The fourth-order valence-electron chi connectivity index (χ4n) is 1.22. The van der Waals surface area contributed by atoms with E-state index in [2.05, 4.69) is 4.98 Å². The number of hydrogen-bond donors (Lipinski definition) is 1. The molecule has 1 heterocycles. The van der Waals surface area contributed by atoms with Gasteiger partial charge in [0.1, 0.15) is 11.4 Å². The molecule has 1 aromatic heterocycles. The summed E-state index contributed by atoms with van der Waals surface area (Å²) in [5, 5.41) is 8.65. The summed E-state index contributed by atoms with van der Waals surface area (Å²) in [6.07, 6.45) is 1.23. The molecule has 0 aliphatic carbocycles. The van der Waals surface area contributed by atoms with Gasteiger partial charge in [0.05, 0.1) is 6.20 Å². The molecule has 0 unspecified atom stereocenters. The maximum atomic E-state index is 13.2. The van der Waals surface area contributed by atoms with E-state index in [1.54, 1.807) is 12.1 Å². The second-order valence-electron chi connectivity index (χ2n) is 3.22. The highest BCUT2D eigenvalue weighted by atomic mass is 19.1. The van der Waals surface area contributed by atoms with Gasteiger partial charge in [0.15, 0.2) is 11.6 Å². The Labute approximate surface area is 96.3 Å². The van der Waals surface area contributed by atoms with Crippen LogP contribution < -0.4 is 4.74 Å². The molecule has 2 aromatic rings. The largest absolute Gasteiger partial charge is 0.477 e. The van der Waals surface area contributed by atoms with Crippen LogP contribution in [0, 0.1) is 5.82 Å². The zero-order valence-corrected chi connectivity index (χ0v) is 8.63. The molecule has 0 amide bonds. The summed E-state index contributed by atoms with van der Waals surface area (Å²) in [4.78, 5) is 14.2. The van der Waals surface area contributed by atoms with Crippen molar-refractivity contribution in [1.82, 2.24) is 4.98 Å². The topological polar surface area (TPSA) is 59.4 Å². The average molecular weight is 233 g/mol. The molecule has 0 bridgehead atoms. The van der Waals surface area contributed by atoms with Crippen LogP contribution in [-0.4, -0.2) is 16.1 Å². The van der Waals surface area contributed by atoms with E-state index in [-0.39, 0.29) is 17.2 Å². The lowest BCUT2D eigenvalue weighted by atomic mass is 10.3. The fourth-order valence-corrected chi connectivity index (χ4v) is 1.22. The molecule has 0 saturated carbocycles. The lowest BCUT2D eigenvalue weighted by Crippen LogP contribution is -1.99. The van der Waals surface area contributed by atoms with Crippen molar-refractivity contribution in [3.05, 3.63) is 54.1 Å². The fraction of sp³-hybridized carbons (Fsp3) is 0. The molecular weight excluding hydrogens is 225 g/mol. The van der Waals surface area contributed by atoms with Crippen molar-refractivity contribution >= 4 is 5.97 Å². The Morgan fingerprint density at radius 3 is 2.59 bits per heavy atom. The monoisotopic (exact) mass is 233 g/mol. The molecule has 5 heteroatoms. The van der Waals surface area contributed by atoms with Crippen LogP contribution in [0.1, 0.15) is 10.5 Å². The highest BCUT2D eigenvalue weighted by Crippen LogP contribution is 2.23. The minimum atomic E-state index is -1.12. The van der Waals surface area contributed by atoms with Crippen LogP contribution in [0.25, 0.3) is 0 Å². The Hall–Kier alpha value is -2.43. The smallest absolute Gasteiger partial charge is 0.354 e. The van der Waals surface area contributed by atoms with Gasteiger partial charge in [-0.15, -0.1) is 0 Å². The van der Waals surface area contributed by atoms with Crippen LogP contribution >= 0.6 is 0 Å². The number of aromatic nitrogens is 1. The van der Waals surface area contributed by atoms with Gasteiger partial charge in [-0.25, -0.2) is 14.2 Å². The van der Waals surface area contributed by atoms with Gasteiger partial charge in [0.25, 0.3) is 0 Å². The zero-order valence-electron chi connectivity index (χ0n) is 8.63. The first-order valence-corrected chi connectivity index (χ1v) is 4.78. The normalized spacial score (nSPS) is 9.94. The number of carbonyl (C=O) groups is 1. The molecule has 17 heavy (non-hydrogen) atoms. The van der Waals surface area contributed by atoms with Crippen molar-refractivity contribution in [3.8, 4) is 11.5 Å². The lowest BCUT2D eigenvalue weighted by molar-refractivity contribution is 0.0690. The standard InChI is InChI=1S/C12H8FNO3/c13-9-3-1-2-4-11(9)17-8-5-6-10(12(15)16)14-7-8/h1-7H,(H,15,16). The molecule has 0 saturated heterocycles. The number of carboxylic acids is 1. The number of carboxylic acid groups (broad SMARTS) is 1. The maximum Gasteiger partial charge on any atom is 0.354 e. The number of benzene rings is 1. The van der Waals surface area contributed by atoms with Crippen molar-refractivity contribution in [3.63, 3.8) is 0 Å². The zero-order chi connectivity index (χ0) is 12.3. The van der Waals surface area contributed by atoms with Crippen LogP contribution in [0.5, 0.6) is 11.5 Å². The first-order chi connectivity index (χ1) is 8.16. The van der Waals surface area contributed by atoms with Crippen molar-refractivity contribution in [2.45, 2.75) is 0 Å². The van der Waals surface area contributed by atoms with E-state index < -0.39 is 11.8 Å². The Balaban J connectivity index is 2.20. The minimum Gasteiger partial charge on any atom is -0.477 e. The molecule has 0 atom stereocenters. The molecule has 4 nitrogen and oxygen atoms in total. The van der Waals surface area contributed by atoms with Crippen LogP contribution in [-0.2, 0) is 0 Å². The summed E-state index contributed by atoms with van der Waals surface area (Å²) in [5.41, 5.74) is -0.0918. The number of para-hydroxylation sites is 1. The quantitative estimate of drug-likeness (QED) is 0.885. The van der Waals surface area contributed by atoms with Crippen LogP contribution in [0.4, 0.5) is 4.39 Å². The van der Waals surface area contributed by atoms with E-state index in [9.17, 15) is 9.18 Å². The van der Waals surface area contributed by atoms with Crippen molar-refractivity contribution in [2.75, 3.05) is 0 Å². The van der Waals surface area contributed by atoms with E-state index in [1.165, 1.54) is 30.5 Å². The van der Waals surface area contributed by atoms with Gasteiger partial charge in [-0.1, -0.05) is 12.1 Å². The lowest BCUT2D eigenvalue weighted by Gasteiger charge is -2.05. The third-order valence-electron chi connectivity index (χ3n) is 2.02. The van der Waals surface area contributed by atoms with E-state index in [0.29, 0.717) is 0 Å². The van der Waals surface area contributed by atoms with Gasteiger partial charge < -0.3 is 9.84 Å². The van der Waals surface area contributed by atoms with E-state index in [0.717, 1.165) is 0 Å². The van der Waals surface area contributed by atoms with Gasteiger partial charge in [0, 0.05) is 0 Å². The average Bonchev–Trinajstić information content (AvgIpc) is 2.33. The summed E-state index contributed by atoms with van der Waals surface area (Å²) in [5.74, 6) is -1.27. The number of hydrogen-bond acceptors (Lipinski definition) is 3. The van der Waals surface area contributed by atoms with E-state index in [1.807, 2.05) is 0 Å². The van der Waals surface area contributed by atoms with Crippen LogP contribution in [0.3, 0.4) is 0 Å². The molecule has 86 valence electrons. The van der Waals surface area contributed by atoms with Crippen LogP contribution in [0.2, 0.25) is 0 Å². The van der Waals surface area contributed by atoms with Crippen molar-refractivity contribution in [2.24, 2.45) is 0 Å². The first-order valence-electron chi connectivity index (χ1n) is 4.78. The van der Waals surface area contributed by atoms with E-state index in [4.69, 9.17) is 9.84 Å². The Bertz CT molecular complexity index is 540. The second kappa shape index (κ2) is 4.61. The van der Waals surface area contributed by atoms with Gasteiger partial charge in [-0.2, -0.15) is 0 Å². The third-order valence-corrected chi connectivity index (χ3v) is 2.02. The maximum absolute atomic E-state index is 13.2. The second-order valence-corrected chi connectivity index (χ2v) is 3.22. The van der Waals surface area contributed by atoms with Crippen molar-refractivity contribution in [1.29, 1.82) is 0 Å². The summed E-state index contributed by atoms with van der Waals surface area (Å²) >= 11 is 0. The van der Waals surface area contributed by atoms with E-state index >= 15 is 0 Å². The number of ether oxygens (including phenoxy) is 1. The van der Waals surface area contributed by atoms with Crippen LogP contribution in [0.15, 0.2) is 42.6 Å². The summed E-state index contributed by atoms with van der Waals surface area (Å²) in [7, 11) is 0. The number of nitrogens with zero attached hydrogens (tertiary/aromatic N) is 1. The molecule has 0 radical (unpaired) electrons. The highest BCUT2D eigenvalue weighted by molar-refractivity contribution is 5.85. The Morgan fingerprint density at radius 1 is 1.24 bits per heavy atom. The summed E-state index contributed by atoms with van der Waals surface area (Å²) in [6.45, 7) is 0. The van der Waals surface area contributed by atoms with Crippen molar-refractivity contribution < 1.29 is 19.0 Å². The molecule has 0 fully saturated rings. The molecule has 0 aliphatic heterocycles. The molecule has 0 spiro atoms. The number of rotatable bonds is 3. The van der Waals surface area contributed by atoms with Gasteiger partial charge in [0.2, 0.25) is 0 Å². The molecule has 1 aromatic carbocycles. The number of pyridine rings is 1. The number of aromatic carboxylic acids is 1. The SMILES string of the molecule is O=C(O)c1ccc(Oc2ccccc2F)cn1. The Kier molecular flexibility index (Phi) is 3.00. The minimum absolute atomic E-state index is 0.0670. The first kappa shape index (κ1) is 11.1.